The normalized spacial score (nSPS) is 23.4. The number of anilines is 1. The van der Waals surface area contributed by atoms with Crippen LogP contribution in [0.25, 0.3) is 0 Å². The van der Waals surface area contributed by atoms with E-state index in [4.69, 9.17) is 21.1 Å². The van der Waals surface area contributed by atoms with E-state index in [1.54, 1.807) is 4.90 Å². The molecule has 0 bridgehead atoms. The number of hydrogen-bond donors (Lipinski definition) is 0. The minimum absolute atomic E-state index is 0.0183. The van der Waals surface area contributed by atoms with Gasteiger partial charge >= 0.3 is 6.09 Å². The van der Waals surface area contributed by atoms with Gasteiger partial charge in [-0.25, -0.2) is 14.8 Å². The summed E-state index contributed by atoms with van der Waals surface area (Å²) < 4.78 is 11.5. The van der Waals surface area contributed by atoms with Crippen LogP contribution in [0.4, 0.5) is 10.6 Å². The molecule has 1 aliphatic carbocycles. The molecule has 9 heteroatoms. The van der Waals surface area contributed by atoms with E-state index in [1.807, 2.05) is 32.9 Å². The molecule has 0 saturated carbocycles. The van der Waals surface area contributed by atoms with Gasteiger partial charge in [0.05, 0.1) is 30.8 Å². The van der Waals surface area contributed by atoms with Crippen molar-refractivity contribution in [2.45, 2.75) is 69.9 Å². The van der Waals surface area contributed by atoms with Crippen LogP contribution in [0.15, 0.2) is 24.3 Å². The van der Waals surface area contributed by atoms with E-state index < -0.39 is 5.60 Å². The highest BCUT2D eigenvalue weighted by Gasteiger charge is 2.43. The Morgan fingerprint density at radius 3 is 2.86 bits per heavy atom. The highest BCUT2D eigenvalue weighted by molar-refractivity contribution is 6.28. The SMILES string of the molecule is CC(C)(C)OC(=O)N1CCN(c2nc(Cl)nc3c2CCC2(CCOc4ccccc42)C3)C[C@@H]1CC#N. The molecule has 0 N–H and O–H groups in total. The number of carbonyl (C=O) groups excluding carboxylic acids is 1. The first-order chi connectivity index (χ1) is 17.2. The molecule has 36 heavy (non-hydrogen) atoms. The van der Waals surface area contributed by atoms with Crippen LogP contribution in [-0.4, -0.2) is 58.8 Å². The lowest BCUT2D eigenvalue weighted by atomic mass is 9.66. The number of piperazine rings is 1. The lowest BCUT2D eigenvalue weighted by Crippen LogP contribution is -2.56. The summed E-state index contributed by atoms with van der Waals surface area (Å²) in [6.07, 6.45) is 3.39. The highest BCUT2D eigenvalue weighted by atomic mass is 35.5. The summed E-state index contributed by atoms with van der Waals surface area (Å²) in [5, 5.41) is 9.69. The first kappa shape index (κ1) is 24.6. The van der Waals surface area contributed by atoms with E-state index in [9.17, 15) is 10.1 Å². The Hall–Kier alpha value is -3.05. The lowest BCUT2D eigenvalue weighted by molar-refractivity contribution is 0.0144. The first-order valence-electron chi connectivity index (χ1n) is 12.6. The highest BCUT2D eigenvalue weighted by Crippen LogP contribution is 2.48. The van der Waals surface area contributed by atoms with Crippen molar-refractivity contribution in [2.75, 3.05) is 31.1 Å². The van der Waals surface area contributed by atoms with Crippen molar-refractivity contribution < 1.29 is 14.3 Å². The van der Waals surface area contributed by atoms with Crippen molar-refractivity contribution >= 4 is 23.5 Å². The van der Waals surface area contributed by atoms with E-state index in [0.717, 1.165) is 48.5 Å². The smallest absolute Gasteiger partial charge is 0.410 e. The van der Waals surface area contributed by atoms with Crippen molar-refractivity contribution in [3.8, 4) is 11.8 Å². The number of nitriles is 1. The summed E-state index contributed by atoms with van der Waals surface area (Å²) in [4.78, 5) is 26.0. The fraction of sp³-hybridized carbons (Fsp3) is 0.556. The van der Waals surface area contributed by atoms with Crippen molar-refractivity contribution in [1.29, 1.82) is 5.26 Å². The van der Waals surface area contributed by atoms with Gasteiger partial charge in [-0.15, -0.1) is 0 Å². The molecule has 190 valence electrons. The molecule has 2 aliphatic heterocycles. The van der Waals surface area contributed by atoms with Gasteiger partial charge in [-0.05, 0) is 57.7 Å². The second-order valence-corrected chi connectivity index (χ2v) is 11.3. The van der Waals surface area contributed by atoms with Gasteiger partial charge in [0.25, 0.3) is 0 Å². The van der Waals surface area contributed by atoms with Gasteiger partial charge in [0, 0.05) is 42.6 Å². The van der Waals surface area contributed by atoms with Gasteiger partial charge < -0.3 is 19.3 Å². The molecule has 3 aliphatic rings. The molecule has 1 aromatic heterocycles. The zero-order chi connectivity index (χ0) is 25.5. The maximum Gasteiger partial charge on any atom is 0.410 e. The number of halogens is 1. The Bertz CT molecular complexity index is 1210. The molecule has 1 spiro atoms. The van der Waals surface area contributed by atoms with Gasteiger partial charge in [0.2, 0.25) is 5.28 Å². The van der Waals surface area contributed by atoms with E-state index >= 15 is 0 Å². The molecule has 1 amide bonds. The van der Waals surface area contributed by atoms with Crippen molar-refractivity contribution in [2.24, 2.45) is 0 Å². The summed E-state index contributed by atoms with van der Waals surface area (Å²) >= 11 is 6.47. The molecular weight excluding hydrogens is 478 g/mol. The quantitative estimate of drug-likeness (QED) is 0.543. The van der Waals surface area contributed by atoms with Crippen molar-refractivity contribution in [3.63, 3.8) is 0 Å². The van der Waals surface area contributed by atoms with Crippen LogP contribution in [0, 0.1) is 11.3 Å². The number of fused-ring (bicyclic) bond motifs is 3. The summed E-state index contributed by atoms with van der Waals surface area (Å²) in [6, 6.07) is 10.2. The summed E-state index contributed by atoms with van der Waals surface area (Å²) in [6.45, 7) is 7.77. The molecule has 1 fully saturated rings. The summed E-state index contributed by atoms with van der Waals surface area (Å²) in [5.41, 5.74) is 2.74. The predicted molar refractivity (Wildman–Crippen MR) is 136 cm³/mol. The molecule has 3 heterocycles. The molecule has 1 saturated heterocycles. The molecule has 2 atom stereocenters. The average molecular weight is 510 g/mol. The monoisotopic (exact) mass is 509 g/mol. The molecule has 2 aromatic rings. The Kier molecular flexibility index (Phi) is 6.46. The Morgan fingerprint density at radius 1 is 1.28 bits per heavy atom. The summed E-state index contributed by atoms with van der Waals surface area (Å²) in [5.74, 6) is 1.79. The molecule has 1 aromatic carbocycles. The molecule has 5 rings (SSSR count). The fourth-order valence-corrected chi connectivity index (χ4v) is 5.96. The summed E-state index contributed by atoms with van der Waals surface area (Å²) in [7, 11) is 0. The third kappa shape index (κ3) is 4.69. The van der Waals surface area contributed by atoms with E-state index in [0.29, 0.717) is 26.2 Å². The fourth-order valence-electron chi connectivity index (χ4n) is 5.78. The Labute approximate surface area is 217 Å². The second kappa shape index (κ2) is 9.44. The van der Waals surface area contributed by atoms with Gasteiger partial charge in [-0.2, -0.15) is 5.26 Å². The average Bonchev–Trinajstić information content (AvgIpc) is 2.83. The maximum absolute atomic E-state index is 12.8. The van der Waals surface area contributed by atoms with Crippen LogP contribution in [0.1, 0.15) is 56.9 Å². The minimum Gasteiger partial charge on any atom is -0.493 e. The number of rotatable bonds is 2. The molecule has 0 radical (unpaired) electrons. The third-order valence-electron chi connectivity index (χ3n) is 7.44. The Balaban J connectivity index is 1.42. The molecule has 1 unspecified atom stereocenters. The standard InChI is InChI=1S/C27H32ClN5O3/c1-26(2,3)36-25(34)33-14-13-32(17-18(33)9-12-29)23-19-8-10-27(16-21(19)30-24(28)31-23)11-15-35-22-7-5-4-6-20(22)27/h4-7,18H,8-11,13-17H2,1-3H3/t18-,27?/m0/s1. The van der Waals surface area contributed by atoms with Crippen LogP contribution >= 0.6 is 11.6 Å². The van der Waals surface area contributed by atoms with Gasteiger partial charge in [-0.3, -0.25) is 0 Å². The second-order valence-electron chi connectivity index (χ2n) is 10.9. The van der Waals surface area contributed by atoms with Crippen LogP contribution in [0.2, 0.25) is 5.28 Å². The zero-order valence-electron chi connectivity index (χ0n) is 21.1. The number of aromatic nitrogens is 2. The van der Waals surface area contributed by atoms with Crippen LogP contribution in [-0.2, 0) is 23.0 Å². The number of para-hydroxylation sites is 1. The van der Waals surface area contributed by atoms with Gasteiger partial charge in [-0.1, -0.05) is 18.2 Å². The number of amides is 1. The van der Waals surface area contributed by atoms with Crippen LogP contribution in [0.3, 0.4) is 0 Å². The number of ether oxygens (including phenoxy) is 2. The van der Waals surface area contributed by atoms with E-state index in [-0.39, 0.29) is 29.3 Å². The van der Waals surface area contributed by atoms with Crippen LogP contribution in [0.5, 0.6) is 5.75 Å². The maximum atomic E-state index is 12.8. The van der Waals surface area contributed by atoms with Crippen LogP contribution < -0.4 is 9.64 Å². The zero-order valence-corrected chi connectivity index (χ0v) is 21.8. The number of carbonyl (C=O) groups is 1. The predicted octanol–water partition coefficient (Wildman–Crippen LogP) is 4.68. The lowest BCUT2D eigenvalue weighted by Gasteiger charge is -2.44. The largest absolute Gasteiger partial charge is 0.493 e. The third-order valence-corrected chi connectivity index (χ3v) is 7.61. The minimum atomic E-state index is -0.594. The molecular formula is C27H32ClN5O3. The first-order valence-corrected chi connectivity index (χ1v) is 13.0. The van der Waals surface area contributed by atoms with Gasteiger partial charge in [0.15, 0.2) is 0 Å². The number of hydrogen-bond acceptors (Lipinski definition) is 7. The van der Waals surface area contributed by atoms with Crippen molar-refractivity contribution in [3.05, 3.63) is 46.4 Å². The molecule has 8 nitrogen and oxygen atoms in total. The number of benzene rings is 1. The number of nitrogens with zero attached hydrogens (tertiary/aromatic N) is 5. The topological polar surface area (TPSA) is 91.6 Å². The van der Waals surface area contributed by atoms with E-state index in [2.05, 4.69) is 33.1 Å². The van der Waals surface area contributed by atoms with Crippen molar-refractivity contribution in [1.82, 2.24) is 14.9 Å². The van der Waals surface area contributed by atoms with E-state index in [1.165, 1.54) is 5.56 Å². The Morgan fingerprint density at radius 2 is 2.08 bits per heavy atom. The van der Waals surface area contributed by atoms with Gasteiger partial charge in [0.1, 0.15) is 17.2 Å².